The number of hydrogen-bond acceptors (Lipinski definition) is 3. The molecule has 0 radical (unpaired) electrons. The Morgan fingerprint density at radius 2 is 1.95 bits per heavy atom. The van der Waals surface area contributed by atoms with Crippen LogP contribution in [0.3, 0.4) is 0 Å². The molecule has 0 spiro atoms. The number of halogens is 1. The molecule has 0 saturated carbocycles. The zero-order chi connectivity index (χ0) is 13.8. The second kappa shape index (κ2) is 5.48. The van der Waals surface area contributed by atoms with Gasteiger partial charge in [-0.2, -0.15) is 0 Å². The number of pyridine rings is 1. The molecule has 5 heteroatoms. The van der Waals surface area contributed by atoms with Crippen LogP contribution in [0.25, 0.3) is 0 Å². The third-order valence-electron chi connectivity index (χ3n) is 2.73. The van der Waals surface area contributed by atoms with Crippen LogP contribution in [0.4, 0.5) is 10.2 Å². The number of nitrogens with zero attached hydrogens (tertiary/aromatic N) is 2. The lowest BCUT2D eigenvalue weighted by Crippen LogP contribution is -2.20. The Morgan fingerprint density at radius 1 is 1.26 bits per heavy atom. The Balaban J connectivity index is 2.15. The Labute approximate surface area is 111 Å². The summed E-state index contributed by atoms with van der Waals surface area (Å²) in [5.41, 5.74) is 6.85. The lowest BCUT2D eigenvalue weighted by Gasteiger charge is -2.18. The highest BCUT2D eigenvalue weighted by atomic mass is 19.1. The van der Waals surface area contributed by atoms with Gasteiger partial charge in [-0.15, -0.1) is 0 Å². The van der Waals surface area contributed by atoms with Gasteiger partial charge in [0.1, 0.15) is 23.2 Å². The van der Waals surface area contributed by atoms with Crippen LogP contribution in [-0.4, -0.2) is 17.9 Å². The van der Waals surface area contributed by atoms with Gasteiger partial charge in [-0.25, -0.2) is 9.37 Å². The Kier molecular flexibility index (Phi) is 3.75. The zero-order valence-electron chi connectivity index (χ0n) is 10.6. The number of benzene rings is 1. The predicted molar refractivity (Wildman–Crippen MR) is 73.8 cm³/mol. The van der Waals surface area contributed by atoms with Crippen molar-refractivity contribution in [1.82, 2.24) is 4.98 Å². The van der Waals surface area contributed by atoms with E-state index in [-0.39, 0.29) is 11.7 Å². The second-order valence-electron chi connectivity index (χ2n) is 4.28. The van der Waals surface area contributed by atoms with E-state index in [1.807, 2.05) is 18.0 Å². The fourth-order valence-electron chi connectivity index (χ4n) is 1.73. The molecule has 0 amide bonds. The number of rotatable bonds is 4. The summed E-state index contributed by atoms with van der Waals surface area (Å²) in [5.74, 6) is 0.414. The molecule has 0 atom stereocenters. The molecule has 98 valence electrons. The van der Waals surface area contributed by atoms with Crippen LogP contribution in [0.2, 0.25) is 0 Å². The Hall–Kier alpha value is -2.43. The number of anilines is 1. The molecule has 0 aliphatic carbocycles. The van der Waals surface area contributed by atoms with E-state index >= 15 is 0 Å². The fourth-order valence-corrected chi connectivity index (χ4v) is 1.73. The first-order valence-electron chi connectivity index (χ1n) is 5.83. The molecule has 3 N–H and O–H groups in total. The normalized spacial score (nSPS) is 10.2. The molecular formula is C14H15FN4. The second-order valence-corrected chi connectivity index (χ2v) is 4.28. The van der Waals surface area contributed by atoms with Crippen molar-refractivity contribution in [2.24, 2.45) is 5.73 Å². The fraction of sp³-hybridized carbons (Fsp3) is 0.143. The number of nitrogen functional groups attached to an aromatic ring is 1. The van der Waals surface area contributed by atoms with Crippen LogP contribution < -0.4 is 10.6 Å². The van der Waals surface area contributed by atoms with E-state index in [4.69, 9.17) is 11.1 Å². The molecule has 1 heterocycles. The van der Waals surface area contributed by atoms with Crippen LogP contribution in [0.1, 0.15) is 11.3 Å². The average molecular weight is 258 g/mol. The number of aromatic nitrogens is 1. The van der Waals surface area contributed by atoms with Gasteiger partial charge in [-0.1, -0.05) is 18.2 Å². The molecule has 1 aromatic heterocycles. The first kappa shape index (κ1) is 13.0. The maximum absolute atomic E-state index is 12.8. The van der Waals surface area contributed by atoms with Crippen molar-refractivity contribution < 1.29 is 4.39 Å². The largest absolute Gasteiger partial charge is 0.382 e. The van der Waals surface area contributed by atoms with Crippen molar-refractivity contribution in [3.63, 3.8) is 0 Å². The smallest absolute Gasteiger partial charge is 0.141 e. The van der Waals surface area contributed by atoms with Crippen molar-refractivity contribution in [2.45, 2.75) is 6.54 Å². The van der Waals surface area contributed by atoms with E-state index < -0.39 is 0 Å². The van der Waals surface area contributed by atoms with Crippen molar-refractivity contribution >= 4 is 11.7 Å². The SMILES string of the molecule is CN(Cc1ccc(F)cc1)c1cccc(C(=N)N)n1. The van der Waals surface area contributed by atoms with E-state index in [2.05, 4.69) is 4.98 Å². The van der Waals surface area contributed by atoms with E-state index in [1.54, 1.807) is 24.3 Å². The van der Waals surface area contributed by atoms with Crippen molar-refractivity contribution in [3.8, 4) is 0 Å². The number of nitrogens with two attached hydrogens (primary N) is 1. The summed E-state index contributed by atoms with van der Waals surface area (Å²) in [6.07, 6.45) is 0. The first-order chi connectivity index (χ1) is 9.06. The average Bonchev–Trinajstić information content (AvgIpc) is 2.41. The van der Waals surface area contributed by atoms with Crippen LogP contribution in [0, 0.1) is 11.2 Å². The standard InChI is InChI=1S/C14H15FN4/c1-19(9-10-5-7-11(15)8-6-10)13-4-2-3-12(18-13)14(16)17/h2-8H,9H2,1H3,(H3,16,17). The van der Waals surface area contributed by atoms with Crippen molar-refractivity contribution in [1.29, 1.82) is 5.41 Å². The molecule has 2 rings (SSSR count). The highest BCUT2D eigenvalue weighted by molar-refractivity contribution is 5.93. The molecule has 19 heavy (non-hydrogen) atoms. The van der Waals surface area contributed by atoms with Gasteiger partial charge in [-0.05, 0) is 29.8 Å². The van der Waals surface area contributed by atoms with Gasteiger partial charge in [-0.3, -0.25) is 5.41 Å². The summed E-state index contributed by atoms with van der Waals surface area (Å²) in [6, 6.07) is 11.7. The minimum Gasteiger partial charge on any atom is -0.382 e. The highest BCUT2D eigenvalue weighted by Gasteiger charge is 2.06. The first-order valence-corrected chi connectivity index (χ1v) is 5.83. The molecular weight excluding hydrogens is 243 g/mol. The van der Waals surface area contributed by atoms with Crippen molar-refractivity contribution in [2.75, 3.05) is 11.9 Å². The number of nitrogens with one attached hydrogen (secondary N) is 1. The lowest BCUT2D eigenvalue weighted by atomic mass is 10.2. The van der Waals surface area contributed by atoms with E-state index in [0.717, 1.165) is 11.4 Å². The molecule has 4 nitrogen and oxygen atoms in total. The monoisotopic (exact) mass is 258 g/mol. The van der Waals surface area contributed by atoms with Crippen LogP contribution in [0.15, 0.2) is 42.5 Å². The van der Waals surface area contributed by atoms with Gasteiger partial charge in [0.05, 0.1) is 0 Å². The summed E-state index contributed by atoms with van der Waals surface area (Å²) in [5, 5.41) is 7.37. The van der Waals surface area contributed by atoms with Crippen LogP contribution >= 0.6 is 0 Å². The van der Waals surface area contributed by atoms with Gasteiger partial charge in [0.15, 0.2) is 0 Å². The van der Waals surface area contributed by atoms with Gasteiger partial charge in [0.2, 0.25) is 0 Å². The third kappa shape index (κ3) is 3.28. The summed E-state index contributed by atoms with van der Waals surface area (Å²) in [4.78, 5) is 6.20. The Bertz CT molecular complexity index is 580. The molecule has 0 bridgehead atoms. The van der Waals surface area contributed by atoms with Gasteiger partial charge in [0.25, 0.3) is 0 Å². The van der Waals surface area contributed by atoms with Crippen molar-refractivity contribution in [3.05, 3.63) is 59.5 Å². The van der Waals surface area contributed by atoms with E-state index in [9.17, 15) is 4.39 Å². The van der Waals surface area contributed by atoms with Gasteiger partial charge in [0, 0.05) is 13.6 Å². The summed E-state index contributed by atoms with van der Waals surface area (Å²) < 4.78 is 12.8. The Morgan fingerprint density at radius 3 is 2.58 bits per heavy atom. The predicted octanol–water partition coefficient (Wildman–Crippen LogP) is 2.14. The van der Waals surface area contributed by atoms with E-state index in [1.165, 1.54) is 12.1 Å². The lowest BCUT2D eigenvalue weighted by molar-refractivity contribution is 0.627. The summed E-state index contributed by atoms with van der Waals surface area (Å²) in [7, 11) is 1.88. The summed E-state index contributed by atoms with van der Waals surface area (Å²) >= 11 is 0. The maximum Gasteiger partial charge on any atom is 0.141 e. The molecule has 0 unspecified atom stereocenters. The molecule has 1 aromatic carbocycles. The van der Waals surface area contributed by atoms with Gasteiger partial charge >= 0.3 is 0 Å². The molecule has 0 fully saturated rings. The minimum atomic E-state index is -0.247. The van der Waals surface area contributed by atoms with Crippen LogP contribution in [0.5, 0.6) is 0 Å². The molecule has 0 saturated heterocycles. The molecule has 2 aromatic rings. The third-order valence-corrected chi connectivity index (χ3v) is 2.73. The molecule has 0 aliphatic heterocycles. The quantitative estimate of drug-likeness (QED) is 0.652. The highest BCUT2D eigenvalue weighted by Crippen LogP contribution is 2.13. The molecule has 0 aliphatic rings. The zero-order valence-corrected chi connectivity index (χ0v) is 10.6. The summed E-state index contributed by atoms with van der Waals surface area (Å²) in [6.45, 7) is 0.606. The maximum atomic E-state index is 12.8. The van der Waals surface area contributed by atoms with Gasteiger partial charge < -0.3 is 10.6 Å². The number of hydrogen-bond donors (Lipinski definition) is 2. The van der Waals surface area contributed by atoms with E-state index in [0.29, 0.717) is 12.2 Å². The number of amidine groups is 1. The topological polar surface area (TPSA) is 66.0 Å². The van der Waals surface area contributed by atoms with Crippen LogP contribution in [-0.2, 0) is 6.54 Å². The minimum absolute atomic E-state index is 0.0583.